The first kappa shape index (κ1) is 19.1. The molecule has 0 saturated carbocycles. The molecule has 0 aliphatic carbocycles. The van der Waals surface area contributed by atoms with E-state index in [1.807, 2.05) is 38.1 Å². The molecule has 0 aliphatic heterocycles. The normalized spacial score (nSPS) is 11.6. The van der Waals surface area contributed by atoms with Gasteiger partial charge in [0.05, 0.1) is 16.9 Å². The van der Waals surface area contributed by atoms with Crippen LogP contribution < -0.4 is 9.47 Å². The van der Waals surface area contributed by atoms with Crippen molar-refractivity contribution in [2.45, 2.75) is 23.6 Å². The summed E-state index contributed by atoms with van der Waals surface area (Å²) < 4.78 is 37.6. The van der Waals surface area contributed by atoms with E-state index in [1.165, 1.54) is 6.20 Å². The third-order valence-electron chi connectivity index (χ3n) is 4.81. The highest BCUT2D eigenvalue weighted by Gasteiger charge is 2.22. The molecule has 4 aromatic rings. The van der Waals surface area contributed by atoms with Gasteiger partial charge in [-0.1, -0.05) is 0 Å². The van der Waals surface area contributed by atoms with Crippen molar-refractivity contribution in [1.29, 1.82) is 0 Å². The lowest BCUT2D eigenvalue weighted by atomic mass is 10.1. The maximum absolute atomic E-state index is 13.2. The van der Waals surface area contributed by atoms with Gasteiger partial charge in [0.1, 0.15) is 17.2 Å². The third kappa shape index (κ3) is 3.47. The van der Waals surface area contributed by atoms with Gasteiger partial charge in [0, 0.05) is 17.1 Å². The average molecular weight is 406 g/mol. The minimum absolute atomic E-state index is 0.204. The average Bonchev–Trinajstić information content (AvgIpc) is 3.15. The molecular formula is C23H20NO4S. The van der Waals surface area contributed by atoms with E-state index in [4.69, 9.17) is 9.47 Å². The Hall–Kier alpha value is -3.25. The minimum atomic E-state index is -3.70. The number of ether oxygens (including phenoxy) is 2. The molecule has 4 rings (SSSR count). The zero-order valence-electron chi connectivity index (χ0n) is 16.3. The van der Waals surface area contributed by atoms with Crippen molar-refractivity contribution in [2.75, 3.05) is 7.11 Å². The zero-order valence-corrected chi connectivity index (χ0v) is 17.1. The standard InChI is InChI=1S/C23H20NO4S/c1-15-5-4-6-16(2)23(15)28-18-9-12-21-20(13-18)22(14-24-21)29(25,26)19-10-7-17(27-3)8-11-19/h5-14,24H,1-3H3. The van der Waals surface area contributed by atoms with Crippen LogP contribution >= 0.6 is 0 Å². The number of hydrogen-bond acceptors (Lipinski definition) is 4. The van der Waals surface area contributed by atoms with Crippen LogP contribution in [0.2, 0.25) is 0 Å². The molecular weight excluding hydrogens is 386 g/mol. The molecule has 5 nitrogen and oxygen atoms in total. The van der Waals surface area contributed by atoms with Gasteiger partial charge in [0.15, 0.2) is 0 Å². The largest absolute Gasteiger partial charge is 0.497 e. The molecule has 29 heavy (non-hydrogen) atoms. The Morgan fingerprint density at radius 2 is 1.59 bits per heavy atom. The van der Waals surface area contributed by atoms with Crippen molar-refractivity contribution >= 4 is 20.7 Å². The number of sulfone groups is 1. The Morgan fingerprint density at radius 3 is 2.24 bits per heavy atom. The summed E-state index contributed by atoms with van der Waals surface area (Å²) in [6.45, 7) is 3.90. The number of aryl methyl sites for hydroxylation is 2. The molecule has 1 radical (unpaired) electrons. The topological polar surface area (TPSA) is 68.4 Å². The number of methoxy groups -OCH3 is 1. The monoisotopic (exact) mass is 406 g/mol. The number of aromatic amines is 1. The second-order valence-corrected chi connectivity index (χ2v) is 8.71. The minimum Gasteiger partial charge on any atom is -0.497 e. The van der Waals surface area contributed by atoms with Gasteiger partial charge in [-0.2, -0.15) is 0 Å². The van der Waals surface area contributed by atoms with E-state index < -0.39 is 9.84 Å². The van der Waals surface area contributed by atoms with Crippen LogP contribution in [0, 0.1) is 19.9 Å². The van der Waals surface area contributed by atoms with Crippen molar-refractivity contribution in [1.82, 2.24) is 4.98 Å². The highest BCUT2D eigenvalue weighted by atomic mass is 32.2. The van der Waals surface area contributed by atoms with Crippen LogP contribution in [0.25, 0.3) is 10.9 Å². The third-order valence-corrected chi connectivity index (χ3v) is 6.62. The SMILES string of the molecule is COc1ccc(S(=O)(=O)c2c[nH]c3ccc(Oc4c(C)c[c]cc4C)cc23)cc1. The number of aromatic nitrogens is 1. The van der Waals surface area contributed by atoms with Gasteiger partial charge in [0.2, 0.25) is 9.84 Å². The molecule has 1 N–H and O–H groups in total. The predicted molar refractivity (Wildman–Crippen MR) is 112 cm³/mol. The van der Waals surface area contributed by atoms with Gasteiger partial charge in [-0.25, -0.2) is 8.42 Å². The van der Waals surface area contributed by atoms with E-state index in [1.54, 1.807) is 37.4 Å². The van der Waals surface area contributed by atoms with E-state index >= 15 is 0 Å². The second kappa shape index (κ2) is 7.29. The van der Waals surface area contributed by atoms with Gasteiger partial charge in [-0.05, 0) is 85.6 Å². The van der Waals surface area contributed by atoms with Gasteiger partial charge < -0.3 is 14.5 Å². The summed E-state index contributed by atoms with van der Waals surface area (Å²) in [5.41, 5.74) is 2.65. The summed E-state index contributed by atoms with van der Waals surface area (Å²) in [4.78, 5) is 3.45. The van der Waals surface area contributed by atoms with E-state index in [0.29, 0.717) is 16.9 Å². The summed E-state index contributed by atoms with van der Waals surface area (Å²) in [6.07, 6.45) is 1.52. The molecule has 0 unspecified atom stereocenters. The first-order valence-corrected chi connectivity index (χ1v) is 10.5. The van der Waals surface area contributed by atoms with Crippen molar-refractivity contribution in [3.8, 4) is 17.2 Å². The molecule has 0 saturated heterocycles. The van der Waals surface area contributed by atoms with Crippen LogP contribution in [-0.2, 0) is 9.84 Å². The molecule has 3 aromatic carbocycles. The van der Waals surface area contributed by atoms with Gasteiger partial charge >= 0.3 is 0 Å². The highest BCUT2D eigenvalue weighted by molar-refractivity contribution is 7.91. The fourth-order valence-electron chi connectivity index (χ4n) is 3.25. The molecule has 0 amide bonds. The van der Waals surface area contributed by atoms with Crippen LogP contribution in [0.5, 0.6) is 17.2 Å². The molecule has 0 atom stereocenters. The van der Waals surface area contributed by atoms with Crippen molar-refractivity contribution < 1.29 is 17.9 Å². The molecule has 0 aliphatic rings. The van der Waals surface area contributed by atoms with Crippen molar-refractivity contribution in [2.24, 2.45) is 0 Å². The molecule has 6 heteroatoms. The van der Waals surface area contributed by atoms with Crippen LogP contribution in [-0.4, -0.2) is 20.5 Å². The Labute approximate surface area is 169 Å². The summed E-state index contributed by atoms with van der Waals surface area (Å²) in [7, 11) is -2.16. The fraction of sp³-hybridized carbons (Fsp3) is 0.130. The maximum Gasteiger partial charge on any atom is 0.208 e. The smallest absolute Gasteiger partial charge is 0.208 e. The number of hydrogen-bond donors (Lipinski definition) is 1. The molecule has 0 fully saturated rings. The maximum atomic E-state index is 13.2. The second-order valence-electron chi connectivity index (χ2n) is 6.79. The van der Waals surface area contributed by atoms with Gasteiger partial charge in [0.25, 0.3) is 0 Å². The molecule has 0 spiro atoms. The van der Waals surface area contributed by atoms with E-state index in [0.717, 1.165) is 22.4 Å². The number of H-pyrrole nitrogens is 1. The van der Waals surface area contributed by atoms with E-state index in [2.05, 4.69) is 11.1 Å². The van der Waals surface area contributed by atoms with Crippen LogP contribution in [0.1, 0.15) is 11.1 Å². The van der Waals surface area contributed by atoms with Crippen LogP contribution in [0.15, 0.2) is 70.6 Å². The van der Waals surface area contributed by atoms with Crippen molar-refractivity contribution in [3.05, 3.63) is 78.0 Å². The highest BCUT2D eigenvalue weighted by Crippen LogP contribution is 2.34. The number of rotatable bonds is 5. The predicted octanol–water partition coefficient (Wildman–Crippen LogP) is 5.22. The summed E-state index contributed by atoms with van der Waals surface area (Å²) in [5, 5.41) is 0.580. The van der Waals surface area contributed by atoms with Gasteiger partial charge in [-0.3, -0.25) is 0 Å². The number of benzene rings is 3. The quantitative estimate of drug-likeness (QED) is 0.493. The fourth-order valence-corrected chi connectivity index (χ4v) is 4.68. The number of fused-ring (bicyclic) bond motifs is 1. The lowest BCUT2D eigenvalue weighted by Gasteiger charge is -2.12. The van der Waals surface area contributed by atoms with Crippen LogP contribution in [0.3, 0.4) is 0 Å². The Bertz CT molecular complexity index is 1270. The lowest BCUT2D eigenvalue weighted by molar-refractivity contribution is 0.414. The molecule has 0 bridgehead atoms. The summed E-state index contributed by atoms with van der Waals surface area (Å²) in [6, 6.07) is 18.5. The lowest BCUT2D eigenvalue weighted by Crippen LogP contribution is -2.01. The molecule has 1 aromatic heterocycles. The Balaban J connectivity index is 1.77. The van der Waals surface area contributed by atoms with Crippen molar-refractivity contribution in [3.63, 3.8) is 0 Å². The number of nitrogens with one attached hydrogen (secondary N) is 1. The molecule has 1 heterocycles. The van der Waals surface area contributed by atoms with E-state index in [9.17, 15) is 8.42 Å². The van der Waals surface area contributed by atoms with Crippen LogP contribution in [0.4, 0.5) is 0 Å². The first-order chi connectivity index (χ1) is 13.9. The van der Waals surface area contributed by atoms with E-state index in [-0.39, 0.29) is 9.79 Å². The van der Waals surface area contributed by atoms with Gasteiger partial charge in [-0.15, -0.1) is 0 Å². The Kier molecular flexibility index (Phi) is 4.80. The first-order valence-electron chi connectivity index (χ1n) is 9.05. The summed E-state index contributed by atoms with van der Waals surface area (Å²) >= 11 is 0. The summed E-state index contributed by atoms with van der Waals surface area (Å²) in [5.74, 6) is 1.92. The zero-order chi connectivity index (χ0) is 20.6. The Morgan fingerprint density at radius 1 is 0.931 bits per heavy atom. The molecule has 147 valence electrons.